The lowest BCUT2D eigenvalue weighted by molar-refractivity contribution is -0.142. The van der Waals surface area contributed by atoms with Crippen LogP contribution in [0.4, 0.5) is 0 Å². The van der Waals surface area contributed by atoms with E-state index in [1.165, 1.54) is 0 Å². The van der Waals surface area contributed by atoms with Crippen LogP contribution >= 0.6 is 0 Å². The third kappa shape index (κ3) is 2.93. The zero-order chi connectivity index (χ0) is 15.2. The number of Topliss-reactive ketones (excluding diaryl/α,β-unsaturated/α-hetero) is 1. The van der Waals surface area contributed by atoms with E-state index in [0.29, 0.717) is 0 Å². The van der Waals surface area contributed by atoms with E-state index in [2.05, 4.69) is 20.8 Å². The number of carbonyl (C=O) groups is 2. The molecule has 3 heteroatoms. The van der Waals surface area contributed by atoms with E-state index in [1.807, 2.05) is 47.7 Å². The van der Waals surface area contributed by atoms with Crippen LogP contribution < -0.4 is 0 Å². The van der Waals surface area contributed by atoms with Gasteiger partial charge < -0.3 is 0 Å². The van der Waals surface area contributed by atoms with Gasteiger partial charge in [0.2, 0.25) is 0 Å². The molecule has 0 bridgehead atoms. The molecule has 0 saturated carbocycles. The Kier molecular flexibility index (Phi) is 4.47. The van der Waals surface area contributed by atoms with Gasteiger partial charge in [-0.15, -0.1) is 0 Å². The molecule has 0 N–H and O–H groups in total. The molecule has 0 aliphatic carbocycles. The van der Waals surface area contributed by atoms with E-state index >= 15 is 0 Å². The van der Waals surface area contributed by atoms with Crippen molar-refractivity contribution in [3.8, 4) is 0 Å². The number of hydrogen-bond donors (Lipinski definition) is 0. The molecule has 0 atom stereocenters. The highest BCUT2D eigenvalue weighted by molar-refractivity contribution is 7.14. The second-order valence-electron chi connectivity index (χ2n) is 8.41. The average molecular weight is 270 g/mol. The van der Waals surface area contributed by atoms with Crippen molar-refractivity contribution >= 4 is 19.3 Å². The van der Waals surface area contributed by atoms with Gasteiger partial charge in [0.1, 0.15) is 8.07 Å². The molecule has 0 radical (unpaired) electrons. The molecule has 0 aliphatic heterocycles. The standard InChI is InChI=1S/C15H30O2Si/c1-13(2,3)15(7,8)11(16)12(17)18(9,10)14(4,5)6/h1-10H3. The molecule has 0 aliphatic rings. The molecule has 2 nitrogen and oxygen atoms in total. The summed E-state index contributed by atoms with van der Waals surface area (Å²) in [6.07, 6.45) is 0. The summed E-state index contributed by atoms with van der Waals surface area (Å²) < 4.78 is 0. The Balaban J connectivity index is 5.47. The molecule has 0 saturated heterocycles. The molecule has 0 spiro atoms. The molecule has 18 heavy (non-hydrogen) atoms. The summed E-state index contributed by atoms with van der Waals surface area (Å²) in [4.78, 5) is 25.2. The molecule has 0 aromatic carbocycles. The first-order valence-electron chi connectivity index (χ1n) is 6.66. The van der Waals surface area contributed by atoms with Crippen molar-refractivity contribution in [3.05, 3.63) is 0 Å². The quantitative estimate of drug-likeness (QED) is 0.567. The van der Waals surface area contributed by atoms with Gasteiger partial charge >= 0.3 is 0 Å². The first-order valence-corrected chi connectivity index (χ1v) is 9.66. The van der Waals surface area contributed by atoms with Crippen LogP contribution in [-0.2, 0) is 9.59 Å². The number of hydrogen-bond acceptors (Lipinski definition) is 2. The fourth-order valence-corrected chi connectivity index (χ4v) is 2.81. The van der Waals surface area contributed by atoms with Gasteiger partial charge in [-0.3, -0.25) is 9.59 Å². The largest absolute Gasteiger partial charge is 0.297 e. The minimum atomic E-state index is -2.25. The minimum absolute atomic E-state index is 0.0896. The highest BCUT2D eigenvalue weighted by atomic mass is 28.3. The maximum atomic E-state index is 12.6. The van der Waals surface area contributed by atoms with Crippen LogP contribution in [0.3, 0.4) is 0 Å². The lowest BCUT2D eigenvalue weighted by atomic mass is 9.67. The maximum Gasteiger partial charge on any atom is 0.199 e. The molecule has 106 valence electrons. The summed E-state index contributed by atoms with van der Waals surface area (Å²) >= 11 is 0. The van der Waals surface area contributed by atoms with Crippen LogP contribution in [0.25, 0.3) is 0 Å². The Hall–Kier alpha value is -0.443. The van der Waals surface area contributed by atoms with Crippen LogP contribution in [0.15, 0.2) is 0 Å². The van der Waals surface area contributed by atoms with Crippen molar-refractivity contribution in [2.24, 2.45) is 10.8 Å². The zero-order valence-electron chi connectivity index (χ0n) is 13.8. The van der Waals surface area contributed by atoms with Crippen molar-refractivity contribution in [3.63, 3.8) is 0 Å². The fourth-order valence-electron chi connectivity index (χ4n) is 1.25. The highest BCUT2D eigenvalue weighted by Gasteiger charge is 2.51. The number of carbonyl (C=O) groups excluding carboxylic acids is 2. The van der Waals surface area contributed by atoms with E-state index < -0.39 is 13.5 Å². The monoisotopic (exact) mass is 270 g/mol. The van der Waals surface area contributed by atoms with E-state index in [4.69, 9.17) is 0 Å². The van der Waals surface area contributed by atoms with Crippen LogP contribution in [-0.4, -0.2) is 19.3 Å². The van der Waals surface area contributed by atoms with Gasteiger partial charge in [-0.2, -0.15) is 0 Å². The van der Waals surface area contributed by atoms with Crippen molar-refractivity contribution in [1.82, 2.24) is 0 Å². The third-order valence-electron chi connectivity index (χ3n) is 5.09. The molecule has 0 aromatic heterocycles. The smallest absolute Gasteiger partial charge is 0.199 e. The first kappa shape index (κ1) is 17.6. The molecule has 0 fully saturated rings. The maximum absolute atomic E-state index is 12.6. The predicted octanol–water partition coefficient (Wildman–Crippen LogP) is 4.24. The second kappa shape index (κ2) is 4.59. The SMILES string of the molecule is CC(C)(C)C(C)(C)C(=O)C(=O)[Si](C)(C)C(C)(C)C. The average Bonchev–Trinajstić information content (AvgIpc) is 2.11. The van der Waals surface area contributed by atoms with Gasteiger partial charge in [-0.05, 0) is 10.5 Å². The van der Waals surface area contributed by atoms with Gasteiger partial charge in [0.25, 0.3) is 0 Å². The normalized spacial score (nSPS) is 14.6. The first-order chi connectivity index (χ1) is 7.57. The Labute approximate surface area is 114 Å². The van der Waals surface area contributed by atoms with Gasteiger partial charge in [-0.25, -0.2) is 0 Å². The van der Waals surface area contributed by atoms with Crippen molar-refractivity contribution in [2.45, 2.75) is 73.5 Å². The van der Waals surface area contributed by atoms with Crippen molar-refractivity contribution < 1.29 is 9.59 Å². The van der Waals surface area contributed by atoms with Crippen LogP contribution in [0, 0.1) is 10.8 Å². The Bertz CT molecular complexity index is 316. The predicted molar refractivity (Wildman–Crippen MR) is 80.4 cm³/mol. The molecular weight excluding hydrogens is 240 g/mol. The number of ketones is 1. The number of rotatable bonds is 3. The summed E-state index contributed by atoms with van der Waals surface area (Å²) in [5.74, 6) is -0.193. The molecular formula is C15H30O2Si. The van der Waals surface area contributed by atoms with Crippen molar-refractivity contribution in [1.29, 1.82) is 0 Å². The van der Waals surface area contributed by atoms with Crippen LogP contribution in [0.2, 0.25) is 18.1 Å². The third-order valence-corrected chi connectivity index (χ3v) is 10.2. The van der Waals surface area contributed by atoms with E-state index in [-0.39, 0.29) is 21.6 Å². The summed E-state index contributed by atoms with van der Waals surface area (Å²) in [6.45, 7) is 20.0. The Morgan fingerprint density at radius 1 is 0.778 bits per heavy atom. The van der Waals surface area contributed by atoms with Crippen molar-refractivity contribution in [2.75, 3.05) is 0 Å². The summed E-state index contributed by atoms with van der Waals surface area (Å²) in [5, 5.41) is -0.205. The van der Waals surface area contributed by atoms with E-state index in [0.717, 1.165) is 0 Å². The summed E-state index contributed by atoms with van der Waals surface area (Å²) in [7, 11) is -2.25. The zero-order valence-corrected chi connectivity index (χ0v) is 14.8. The second-order valence-corrected chi connectivity index (χ2v) is 13.6. The molecule has 0 aromatic rings. The van der Waals surface area contributed by atoms with Gasteiger partial charge in [0, 0.05) is 5.41 Å². The topological polar surface area (TPSA) is 34.1 Å². The molecule has 0 amide bonds. The Morgan fingerprint density at radius 2 is 1.11 bits per heavy atom. The molecule has 0 unspecified atom stereocenters. The molecule has 0 rings (SSSR count). The van der Waals surface area contributed by atoms with E-state index in [1.54, 1.807) is 0 Å². The van der Waals surface area contributed by atoms with Gasteiger partial charge in [0.15, 0.2) is 11.2 Å². The lowest BCUT2D eigenvalue weighted by Gasteiger charge is -2.41. The Morgan fingerprint density at radius 3 is 1.33 bits per heavy atom. The van der Waals surface area contributed by atoms with E-state index in [9.17, 15) is 9.59 Å². The summed E-state index contributed by atoms with van der Waals surface area (Å²) in [6, 6.07) is 0. The highest BCUT2D eigenvalue weighted by Crippen LogP contribution is 2.42. The van der Waals surface area contributed by atoms with Gasteiger partial charge in [-0.1, -0.05) is 68.5 Å². The van der Waals surface area contributed by atoms with Crippen LogP contribution in [0.1, 0.15) is 55.4 Å². The van der Waals surface area contributed by atoms with Gasteiger partial charge in [0.05, 0.1) is 0 Å². The van der Waals surface area contributed by atoms with Crippen LogP contribution in [0.5, 0.6) is 0 Å². The molecule has 0 heterocycles. The summed E-state index contributed by atoms with van der Waals surface area (Å²) in [5.41, 5.74) is -0.818. The lowest BCUT2D eigenvalue weighted by Crippen LogP contribution is -2.55. The minimum Gasteiger partial charge on any atom is -0.297 e. The fraction of sp³-hybridized carbons (Fsp3) is 0.867.